The van der Waals surface area contributed by atoms with Crippen molar-refractivity contribution >= 4 is 34.0 Å². The van der Waals surface area contributed by atoms with Crippen LogP contribution in [0.2, 0.25) is 0 Å². The summed E-state index contributed by atoms with van der Waals surface area (Å²) in [5.74, 6) is 0.961. The summed E-state index contributed by atoms with van der Waals surface area (Å²) in [7, 11) is 0. The molecule has 2 aliphatic rings. The molecule has 0 radical (unpaired) electrons. The number of hydrogen-bond donors (Lipinski definition) is 2. The Morgan fingerprint density at radius 1 is 1.11 bits per heavy atom. The van der Waals surface area contributed by atoms with E-state index in [2.05, 4.69) is 30.1 Å². The molecule has 0 aliphatic carbocycles. The van der Waals surface area contributed by atoms with Crippen molar-refractivity contribution in [2.75, 3.05) is 56.0 Å². The number of aromatic hydroxyl groups is 1. The van der Waals surface area contributed by atoms with Gasteiger partial charge in [-0.05, 0) is 48.7 Å². The van der Waals surface area contributed by atoms with E-state index in [4.69, 9.17) is 0 Å². The molecule has 1 atom stereocenters. The largest absolute Gasteiger partial charge is 0.508 e. The van der Waals surface area contributed by atoms with E-state index in [0.717, 1.165) is 41.6 Å². The molecule has 200 valence electrons. The van der Waals surface area contributed by atoms with E-state index in [0.29, 0.717) is 37.7 Å². The van der Waals surface area contributed by atoms with Crippen LogP contribution in [0.3, 0.4) is 0 Å². The van der Waals surface area contributed by atoms with Crippen molar-refractivity contribution in [1.29, 1.82) is 0 Å². The number of carbonyl (C=O) groups excluding carboxylic acids is 2. The Bertz CT molecular complexity index is 1270. The van der Waals surface area contributed by atoms with Crippen LogP contribution in [0.15, 0.2) is 42.9 Å². The van der Waals surface area contributed by atoms with Crippen molar-refractivity contribution in [2.24, 2.45) is 5.92 Å². The zero-order chi connectivity index (χ0) is 26.6. The van der Waals surface area contributed by atoms with Crippen molar-refractivity contribution in [3.05, 3.63) is 48.4 Å². The van der Waals surface area contributed by atoms with Gasteiger partial charge in [0, 0.05) is 50.8 Å². The molecule has 2 aromatic heterocycles. The van der Waals surface area contributed by atoms with Gasteiger partial charge in [-0.25, -0.2) is 15.0 Å². The molecule has 0 bridgehead atoms. The molecular weight excluding hydrogens is 502 g/mol. The third kappa shape index (κ3) is 5.94. The molecule has 2 aliphatic heterocycles. The minimum atomic E-state index is -0.163. The van der Waals surface area contributed by atoms with Gasteiger partial charge >= 0.3 is 0 Å². The lowest BCUT2D eigenvalue weighted by molar-refractivity contribution is -0.132. The predicted octanol–water partition coefficient (Wildman–Crippen LogP) is 3.04. The monoisotopic (exact) mass is 535 g/mol. The number of benzene rings is 1. The van der Waals surface area contributed by atoms with Gasteiger partial charge < -0.3 is 20.2 Å². The van der Waals surface area contributed by atoms with Gasteiger partial charge in [-0.15, -0.1) is 0 Å². The van der Waals surface area contributed by atoms with Gasteiger partial charge in [0.1, 0.15) is 5.75 Å². The highest BCUT2D eigenvalue weighted by Crippen LogP contribution is 2.30. The predicted molar refractivity (Wildman–Crippen MR) is 147 cm³/mol. The Kier molecular flexibility index (Phi) is 7.85. The van der Waals surface area contributed by atoms with E-state index in [1.807, 2.05) is 24.8 Å². The van der Waals surface area contributed by atoms with E-state index in [9.17, 15) is 14.7 Å². The van der Waals surface area contributed by atoms with Crippen LogP contribution in [0.4, 0.5) is 10.8 Å². The molecule has 10 nitrogen and oxygen atoms in total. The van der Waals surface area contributed by atoms with Gasteiger partial charge in [0.2, 0.25) is 11.8 Å². The Morgan fingerprint density at radius 3 is 2.61 bits per heavy atom. The summed E-state index contributed by atoms with van der Waals surface area (Å²) < 4.78 is 0. The number of anilines is 2. The molecule has 2 amide bonds. The summed E-state index contributed by atoms with van der Waals surface area (Å²) in [4.78, 5) is 46.1. The first-order chi connectivity index (χ1) is 18.4. The third-order valence-electron chi connectivity index (χ3n) is 7.10. The fourth-order valence-corrected chi connectivity index (χ4v) is 5.82. The first-order valence-electron chi connectivity index (χ1n) is 13.0. The van der Waals surface area contributed by atoms with E-state index in [-0.39, 0.29) is 29.4 Å². The lowest BCUT2D eigenvalue weighted by Crippen LogP contribution is -2.51. The van der Waals surface area contributed by atoms with E-state index < -0.39 is 0 Å². The summed E-state index contributed by atoms with van der Waals surface area (Å²) in [6.45, 7) is 8.36. The Morgan fingerprint density at radius 2 is 1.87 bits per heavy atom. The van der Waals surface area contributed by atoms with Crippen LogP contribution in [0, 0.1) is 5.92 Å². The van der Waals surface area contributed by atoms with Gasteiger partial charge in [0.15, 0.2) is 11.0 Å². The highest BCUT2D eigenvalue weighted by atomic mass is 32.1. The van der Waals surface area contributed by atoms with E-state index >= 15 is 0 Å². The number of aromatic nitrogens is 3. The number of piperazine rings is 1. The summed E-state index contributed by atoms with van der Waals surface area (Å²) in [6, 6.07) is 6.96. The maximum atomic E-state index is 13.0. The molecule has 11 heteroatoms. The highest BCUT2D eigenvalue weighted by Gasteiger charge is 2.31. The maximum absolute atomic E-state index is 13.0. The number of nitrogens with zero attached hydrogens (tertiary/aromatic N) is 6. The number of rotatable bonds is 7. The molecule has 0 unspecified atom stereocenters. The molecular formula is C27H33N7O3S. The van der Waals surface area contributed by atoms with Crippen molar-refractivity contribution in [2.45, 2.75) is 26.2 Å². The van der Waals surface area contributed by atoms with Gasteiger partial charge in [-0.2, -0.15) is 0 Å². The molecule has 5 rings (SSSR count). The molecule has 1 aromatic carbocycles. The van der Waals surface area contributed by atoms with Gasteiger partial charge in [-0.1, -0.05) is 25.2 Å². The highest BCUT2D eigenvalue weighted by molar-refractivity contribution is 7.18. The summed E-state index contributed by atoms with van der Waals surface area (Å²) in [6.07, 6.45) is 5.97. The fourth-order valence-electron chi connectivity index (χ4n) is 4.91. The fraction of sp³-hybridized carbons (Fsp3) is 0.444. The minimum absolute atomic E-state index is 0.0438. The lowest BCUT2D eigenvalue weighted by Gasteiger charge is -2.35. The first kappa shape index (κ1) is 26.1. The molecule has 2 fully saturated rings. The van der Waals surface area contributed by atoms with Crippen LogP contribution in [0.1, 0.15) is 31.7 Å². The van der Waals surface area contributed by atoms with Crippen molar-refractivity contribution in [3.8, 4) is 16.5 Å². The molecule has 0 saturated carbocycles. The third-order valence-corrected chi connectivity index (χ3v) is 8.16. The zero-order valence-corrected chi connectivity index (χ0v) is 22.5. The van der Waals surface area contributed by atoms with Crippen LogP contribution in [-0.2, 0) is 9.59 Å². The number of thiazole rings is 1. The Balaban J connectivity index is 1.08. The van der Waals surface area contributed by atoms with E-state index in [1.165, 1.54) is 0 Å². The molecule has 2 N–H and O–H groups in total. The summed E-state index contributed by atoms with van der Waals surface area (Å²) in [5.41, 5.74) is 1.49. The average molecular weight is 536 g/mol. The molecule has 2 saturated heterocycles. The van der Waals surface area contributed by atoms with Crippen LogP contribution >= 0.6 is 11.3 Å². The number of phenolic OH excluding ortho intramolecular Hbond substituents is 1. The SMILES string of the molecule is CC(C)c1cc(NC(=O)[C@@H]2CCN(CC(=O)N3CCN(c4ncc(-c5ncccn5)s4)CC3)C2)ccc1O. The summed E-state index contributed by atoms with van der Waals surface area (Å²) in [5, 5.41) is 13.9. The number of hydrogen-bond acceptors (Lipinski definition) is 9. The number of likely N-dealkylation sites (tertiary alicyclic amines) is 1. The zero-order valence-electron chi connectivity index (χ0n) is 21.7. The molecule has 4 heterocycles. The average Bonchev–Trinajstić information content (AvgIpc) is 3.61. The van der Waals surface area contributed by atoms with Gasteiger partial charge in [0.05, 0.1) is 23.5 Å². The second-order valence-corrected chi connectivity index (χ2v) is 11.1. The maximum Gasteiger partial charge on any atom is 0.236 e. The van der Waals surface area contributed by atoms with Crippen LogP contribution < -0.4 is 10.2 Å². The number of carbonyl (C=O) groups is 2. The van der Waals surface area contributed by atoms with Crippen LogP contribution in [-0.4, -0.2) is 87.5 Å². The number of phenols is 1. The van der Waals surface area contributed by atoms with Crippen LogP contribution in [0.5, 0.6) is 5.75 Å². The second kappa shape index (κ2) is 11.4. The quantitative estimate of drug-likeness (QED) is 0.444. The van der Waals surface area contributed by atoms with Gasteiger partial charge in [0.25, 0.3) is 0 Å². The standard InChI is InChI=1S/C27H33N7O3S/c1-18(2)21-14-20(4-5-22(21)35)31-26(37)19-6-9-32(16-19)17-24(36)33-10-12-34(13-11-33)27-30-15-23(38-27)25-28-7-3-8-29-25/h3-5,7-8,14-15,18-19,35H,6,9-13,16-17H2,1-2H3,(H,31,37)/t19-/m1/s1. The van der Waals surface area contributed by atoms with E-state index in [1.54, 1.807) is 48.1 Å². The second-order valence-electron chi connectivity index (χ2n) is 10.1. The van der Waals surface area contributed by atoms with Crippen molar-refractivity contribution in [3.63, 3.8) is 0 Å². The first-order valence-corrected chi connectivity index (χ1v) is 13.8. The molecule has 0 spiro atoms. The Labute approximate surface area is 226 Å². The van der Waals surface area contributed by atoms with Crippen molar-refractivity contribution in [1.82, 2.24) is 24.8 Å². The van der Waals surface area contributed by atoms with Crippen LogP contribution in [0.25, 0.3) is 10.7 Å². The smallest absolute Gasteiger partial charge is 0.236 e. The minimum Gasteiger partial charge on any atom is -0.508 e. The van der Waals surface area contributed by atoms with Crippen molar-refractivity contribution < 1.29 is 14.7 Å². The summed E-state index contributed by atoms with van der Waals surface area (Å²) >= 11 is 1.56. The molecule has 38 heavy (non-hydrogen) atoms. The lowest BCUT2D eigenvalue weighted by atomic mass is 10.0. The Hall–Kier alpha value is -3.57. The normalized spacial score (nSPS) is 18.2. The van der Waals surface area contributed by atoms with Gasteiger partial charge in [-0.3, -0.25) is 14.5 Å². The number of nitrogens with one attached hydrogen (secondary N) is 1. The topological polar surface area (TPSA) is 115 Å². The number of amides is 2. The molecule has 3 aromatic rings.